The third kappa shape index (κ3) is 3.17. The highest BCUT2D eigenvalue weighted by Crippen LogP contribution is 2.38. The van der Waals surface area contributed by atoms with Crippen LogP contribution in [-0.2, 0) is 13.5 Å². The molecule has 7 nitrogen and oxygen atoms in total. The van der Waals surface area contributed by atoms with Crippen molar-refractivity contribution in [1.82, 2.24) is 9.78 Å². The number of hydrogen-bond donors (Lipinski definition) is 0. The lowest BCUT2D eigenvalue weighted by Crippen LogP contribution is -2.21. The first-order chi connectivity index (χ1) is 11.5. The average molecular weight is 334 g/mol. The number of methoxy groups -OCH3 is 1. The van der Waals surface area contributed by atoms with Gasteiger partial charge < -0.3 is 9.64 Å². The van der Waals surface area contributed by atoms with E-state index < -0.39 is 16.4 Å². The molecule has 1 aromatic carbocycles. The van der Waals surface area contributed by atoms with Gasteiger partial charge in [-0.1, -0.05) is 0 Å². The maximum absolute atomic E-state index is 14.1. The highest BCUT2D eigenvalue weighted by atomic mass is 19.1. The molecule has 1 aliphatic heterocycles. The second-order valence-electron chi connectivity index (χ2n) is 6.06. The molecule has 1 fully saturated rings. The third-order valence-electron chi connectivity index (χ3n) is 4.34. The molecule has 0 saturated carbocycles. The Morgan fingerprint density at radius 2 is 2.29 bits per heavy atom. The van der Waals surface area contributed by atoms with Gasteiger partial charge >= 0.3 is 5.69 Å². The van der Waals surface area contributed by atoms with Gasteiger partial charge in [-0.3, -0.25) is 14.8 Å². The third-order valence-corrected chi connectivity index (χ3v) is 4.34. The Hall–Kier alpha value is -2.64. The predicted molar refractivity (Wildman–Crippen MR) is 86.8 cm³/mol. The molecule has 1 aromatic heterocycles. The zero-order valence-corrected chi connectivity index (χ0v) is 13.6. The molecule has 1 atom stereocenters. The summed E-state index contributed by atoms with van der Waals surface area (Å²) in [4.78, 5) is 12.5. The van der Waals surface area contributed by atoms with Gasteiger partial charge in [-0.25, -0.2) is 0 Å². The molecule has 128 valence electrons. The molecule has 1 unspecified atom stereocenters. The number of rotatable bonds is 5. The van der Waals surface area contributed by atoms with Gasteiger partial charge in [-0.2, -0.15) is 9.49 Å². The van der Waals surface area contributed by atoms with E-state index in [2.05, 4.69) is 5.10 Å². The number of halogens is 1. The van der Waals surface area contributed by atoms with Crippen LogP contribution >= 0.6 is 0 Å². The van der Waals surface area contributed by atoms with Crippen molar-refractivity contribution in [2.24, 2.45) is 13.0 Å². The molecular weight excluding hydrogens is 315 g/mol. The van der Waals surface area contributed by atoms with E-state index in [1.54, 1.807) is 4.68 Å². The summed E-state index contributed by atoms with van der Waals surface area (Å²) in [5.74, 6) is -0.239. The van der Waals surface area contributed by atoms with Crippen molar-refractivity contribution in [3.63, 3.8) is 0 Å². The van der Waals surface area contributed by atoms with Crippen LogP contribution in [0.3, 0.4) is 0 Å². The first-order valence-electron chi connectivity index (χ1n) is 7.72. The van der Waals surface area contributed by atoms with Crippen LogP contribution < -0.4 is 9.64 Å². The molecule has 0 N–H and O–H groups in total. The minimum absolute atomic E-state index is 0.281. The van der Waals surface area contributed by atoms with Gasteiger partial charge in [-0.15, -0.1) is 0 Å². The minimum atomic E-state index is -0.870. The Balaban J connectivity index is 1.82. The van der Waals surface area contributed by atoms with E-state index >= 15 is 0 Å². The summed E-state index contributed by atoms with van der Waals surface area (Å²) >= 11 is 0. The summed E-state index contributed by atoms with van der Waals surface area (Å²) in [7, 11) is 3.28. The molecule has 3 rings (SSSR count). The first-order valence-corrected chi connectivity index (χ1v) is 7.72. The molecule has 24 heavy (non-hydrogen) atoms. The highest BCUT2D eigenvalue weighted by molar-refractivity contribution is 5.67. The van der Waals surface area contributed by atoms with Gasteiger partial charge in [0, 0.05) is 38.5 Å². The highest BCUT2D eigenvalue weighted by Gasteiger charge is 2.31. The molecule has 8 heteroatoms. The van der Waals surface area contributed by atoms with E-state index in [4.69, 9.17) is 4.74 Å². The zero-order valence-electron chi connectivity index (χ0n) is 13.6. The van der Waals surface area contributed by atoms with Crippen LogP contribution in [0, 0.1) is 21.8 Å². The fourth-order valence-corrected chi connectivity index (χ4v) is 3.23. The maximum atomic E-state index is 14.1. The Kier molecular flexibility index (Phi) is 4.37. The lowest BCUT2D eigenvalue weighted by atomic mass is 10.0. The summed E-state index contributed by atoms with van der Waals surface area (Å²) in [6.07, 6.45) is 5.54. The normalized spacial score (nSPS) is 17.3. The van der Waals surface area contributed by atoms with Crippen molar-refractivity contribution in [2.75, 3.05) is 25.1 Å². The number of nitro benzene ring substituents is 1. The fourth-order valence-electron chi connectivity index (χ4n) is 3.23. The van der Waals surface area contributed by atoms with E-state index in [1.165, 1.54) is 13.2 Å². The van der Waals surface area contributed by atoms with Crippen LogP contribution in [0.1, 0.15) is 12.0 Å². The number of benzene rings is 1. The fraction of sp³-hybridized carbons (Fsp3) is 0.438. The van der Waals surface area contributed by atoms with E-state index in [0.29, 0.717) is 19.0 Å². The minimum Gasteiger partial charge on any atom is -0.497 e. The van der Waals surface area contributed by atoms with Gasteiger partial charge in [0.1, 0.15) is 11.4 Å². The lowest BCUT2D eigenvalue weighted by Gasteiger charge is -2.19. The van der Waals surface area contributed by atoms with Gasteiger partial charge in [-0.05, 0) is 24.3 Å². The Bertz CT molecular complexity index is 762. The summed E-state index contributed by atoms with van der Waals surface area (Å²) in [6.45, 7) is 1.29. The van der Waals surface area contributed by atoms with Crippen molar-refractivity contribution < 1.29 is 14.1 Å². The molecule has 1 saturated heterocycles. The average Bonchev–Trinajstić information content (AvgIpc) is 3.15. The number of anilines is 1. The number of nitro groups is 1. The van der Waals surface area contributed by atoms with E-state index in [0.717, 1.165) is 24.5 Å². The molecule has 2 heterocycles. The van der Waals surface area contributed by atoms with Crippen LogP contribution in [0.2, 0.25) is 0 Å². The molecule has 2 aromatic rings. The zero-order chi connectivity index (χ0) is 17.3. The van der Waals surface area contributed by atoms with Crippen LogP contribution in [0.25, 0.3) is 0 Å². The Labute approximate surface area is 138 Å². The van der Waals surface area contributed by atoms with Crippen molar-refractivity contribution in [1.29, 1.82) is 0 Å². The number of aryl methyl sites for hydroxylation is 1. The molecule has 0 radical (unpaired) electrons. The quantitative estimate of drug-likeness (QED) is 0.620. The molecule has 0 aliphatic carbocycles. The molecule has 0 amide bonds. The molecule has 1 aliphatic rings. The summed E-state index contributed by atoms with van der Waals surface area (Å²) in [5, 5.41) is 15.4. The first kappa shape index (κ1) is 16.2. The van der Waals surface area contributed by atoms with Crippen LogP contribution in [0.15, 0.2) is 24.5 Å². The lowest BCUT2D eigenvalue weighted by molar-refractivity contribution is -0.386. The smallest absolute Gasteiger partial charge is 0.328 e. The SMILES string of the molecule is COc1cc(F)c([N+](=O)[O-])c(N2CCC(Cc3cnn(C)c3)C2)c1. The van der Waals surface area contributed by atoms with Crippen molar-refractivity contribution in [3.05, 3.63) is 46.0 Å². The van der Waals surface area contributed by atoms with Crippen molar-refractivity contribution in [2.45, 2.75) is 12.8 Å². The topological polar surface area (TPSA) is 73.4 Å². The summed E-state index contributed by atoms with van der Waals surface area (Å²) < 4.78 is 20.9. The molecular formula is C16H19FN4O3. The Morgan fingerprint density at radius 3 is 2.92 bits per heavy atom. The Morgan fingerprint density at radius 1 is 1.50 bits per heavy atom. The van der Waals surface area contributed by atoms with Crippen LogP contribution in [0.5, 0.6) is 5.75 Å². The van der Waals surface area contributed by atoms with Crippen molar-refractivity contribution in [3.8, 4) is 5.75 Å². The molecule has 0 spiro atoms. The predicted octanol–water partition coefficient (Wildman–Crippen LogP) is 2.55. The number of hydrogen-bond acceptors (Lipinski definition) is 5. The standard InChI is InChI=1S/C16H19FN4O3/c1-19-9-12(8-18-19)5-11-3-4-20(10-11)15-7-13(24-2)6-14(17)16(15)21(22)23/h6-9,11H,3-5,10H2,1-2H3. The summed E-state index contributed by atoms with van der Waals surface area (Å²) in [5.41, 5.74) is 0.930. The number of aromatic nitrogens is 2. The van der Waals surface area contributed by atoms with Gasteiger partial charge in [0.25, 0.3) is 0 Å². The van der Waals surface area contributed by atoms with Crippen LogP contribution in [0.4, 0.5) is 15.8 Å². The van der Waals surface area contributed by atoms with E-state index in [9.17, 15) is 14.5 Å². The molecule has 0 bridgehead atoms. The number of ether oxygens (including phenoxy) is 1. The van der Waals surface area contributed by atoms with E-state index in [1.807, 2.05) is 24.3 Å². The van der Waals surface area contributed by atoms with Gasteiger partial charge in [0.2, 0.25) is 5.82 Å². The maximum Gasteiger partial charge on any atom is 0.328 e. The second-order valence-corrected chi connectivity index (χ2v) is 6.06. The second kappa shape index (κ2) is 6.46. The number of nitrogens with zero attached hydrogens (tertiary/aromatic N) is 4. The van der Waals surface area contributed by atoms with E-state index in [-0.39, 0.29) is 11.4 Å². The largest absolute Gasteiger partial charge is 0.497 e. The summed E-state index contributed by atoms with van der Waals surface area (Å²) in [6, 6.07) is 2.58. The van der Waals surface area contributed by atoms with Gasteiger partial charge in [0.15, 0.2) is 0 Å². The monoisotopic (exact) mass is 334 g/mol. The van der Waals surface area contributed by atoms with Crippen LogP contribution in [-0.4, -0.2) is 34.9 Å². The van der Waals surface area contributed by atoms with Gasteiger partial charge in [0.05, 0.1) is 18.2 Å². The van der Waals surface area contributed by atoms with Crippen molar-refractivity contribution >= 4 is 11.4 Å².